The van der Waals surface area contributed by atoms with Gasteiger partial charge in [0.05, 0.1) is 26.2 Å². The fraction of sp³-hybridized carbons (Fsp3) is 0.941. The van der Waals surface area contributed by atoms with Crippen molar-refractivity contribution in [2.45, 2.75) is 79.1 Å². The van der Waals surface area contributed by atoms with Gasteiger partial charge in [0.1, 0.15) is 0 Å². The number of carbonyl (C=O) groups is 1. The lowest BCUT2D eigenvalue weighted by Crippen LogP contribution is -2.50. The smallest absolute Gasteiger partial charge is 0.450 e. The predicted molar refractivity (Wildman–Crippen MR) is 90.0 cm³/mol. The highest BCUT2D eigenvalue weighted by molar-refractivity contribution is 5.53. The third-order valence-electron chi connectivity index (χ3n) is 3.94. The van der Waals surface area contributed by atoms with Gasteiger partial charge in [-0.25, -0.2) is 4.79 Å². The predicted octanol–water partition coefficient (Wildman–Crippen LogP) is 5.23. The van der Waals surface area contributed by atoms with Crippen LogP contribution < -0.4 is 0 Å². The number of hydrogen-bond donors (Lipinski definition) is 2. The zero-order chi connectivity index (χ0) is 16.6. The summed E-state index contributed by atoms with van der Waals surface area (Å²) in [5, 5.41) is 13.9. The summed E-state index contributed by atoms with van der Waals surface area (Å²) in [5.41, 5.74) is 0. The Morgan fingerprint density at radius 1 is 0.667 bits per heavy atom. The van der Waals surface area contributed by atoms with E-state index in [1.54, 1.807) is 0 Å². The molecule has 0 amide bonds. The van der Waals surface area contributed by atoms with Crippen molar-refractivity contribution in [3.05, 3.63) is 0 Å². The van der Waals surface area contributed by atoms with Gasteiger partial charge in [-0.2, -0.15) is 0 Å². The summed E-state index contributed by atoms with van der Waals surface area (Å²) in [4.78, 5) is 8.56. The molecule has 0 saturated carbocycles. The topological polar surface area (TPSA) is 57.5 Å². The first-order valence-corrected chi connectivity index (χ1v) is 8.74. The van der Waals surface area contributed by atoms with Crippen molar-refractivity contribution < 1.29 is 19.5 Å². The van der Waals surface area contributed by atoms with E-state index < -0.39 is 6.16 Å². The van der Waals surface area contributed by atoms with E-state index >= 15 is 0 Å². The monoisotopic (exact) mass is 304 g/mol. The second kappa shape index (κ2) is 15.6. The normalized spacial score (nSPS) is 10.9. The van der Waals surface area contributed by atoms with E-state index in [4.69, 9.17) is 15.0 Å². The molecule has 0 bridgehead atoms. The number of nitrogens with zero attached hydrogens (tertiary/aromatic N) is 1. The van der Waals surface area contributed by atoms with Crippen LogP contribution in [-0.4, -0.2) is 47.0 Å². The van der Waals surface area contributed by atoms with Crippen LogP contribution in [0.2, 0.25) is 0 Å². The SMILES string of the molecule is CCCC[N+](CCCC)(CCCC)CCCC.O=C(O)O. The number of quaternary nitrogens is 1. The van der Waals surface area contributed by atoms with Gasteiger partial charge in [0.25, 0.3) is 0 Å². The van der Waals surface area contributed by atoms with Crippen molar-refractivity contribution in [1.29, 1.82) is 0 Å². The van der Waals surface area contributed by atoms with Crippen LogP contribution in [0.1, 0.15) is 79.1 Å². The standard InChI is InChI=1S/C16H36N.CH2O3/c1-5-9-13-17(14-10-6-2,15-11-7-3)16-12-8-4;2-1(3)4/h5-16H2,1-4H3;(H2,2,3,4)/q+1;. The molecule has 0 fully saturated rings. The molecule has 0 atom stereocenters. The van der Waals surface area contributed by atoms with Gasteiger partial charge in [0, 0.05) is 0 Å². The molecule has 0 spiro atoms. The Labute approximate surface area is 131 Å². The number of unbranched alkanes of at least 4 members (excludes halogenated alkanes) is 4. The minimum Gasteiger partial charge on any atom is -0.450 e. The Balaban J connectivity index is 0. The van der Waals surface area contributed by atoms with E-state index in [9.17, 15) is 0 Å². The Morgan fingerprint density at radius 3 is 1.00 bits per heavy atom. The molecule has 0 rings (SSSR count). The molecular weight excluding hydrogens is 266 g/mol. The fourth-order valence-corrected chi connectivity index (χ4v) is 2.64. The maximum absolute atomic E-state index is 8.56. The quantitative estimate of drug-likeness (QED) is 0.486. The second-order valence-electron chi connectivity index (χ2n) is 5.93. The van der Waals surface area contributed by atoms with Crippen molar-refractivity contribution in [3.8, 4) is 0 Å². The lowest BCUT2D eigenvalue weighted by molar-refractivity contribution is -0.929. The third kappa shape index (κ3) is 15.4. The molecule has 0 aromatic heterocycles. The van der Waals surface area contributed by atoms with Gasteiger partial charge < -0.3 is 14.7 Å². The number of hydrogen-bond acceptors (Lipinski definition) is 1. The minimum atomic E-state index is -1.83. The zero-order valence-corrected chi connectivity index (χ0v) is 14.7. The van der Waals surface area contributed by atoms with Crippen molar-refractivity contribution in [3.63, 3.8) is 0 Å². The van der Waals surface area contributed by atoms with Gasteiger partial charge in [-0.15, -0.1) is 0 Å². The third-order valence-corrected chi connectivity index (χ3v) is 3.94. The molecule has 0 aliphatic rings. The van der Waals surface area contributed by atoms with Crippen molar-refractivity contribution in [1.82, 2.24) is 0 Å². The summed E-state index contributed by atoms with van der Waals surface area (Å²) < 4.78 is 1.42. The molecule has 128 valence electrons. The van der Waals surface area contributed by atoms with Crippen LogP contribution in [-0.2, 0) is 0 Å². The highest BCUT2D eigenvalue weighted by atomic mass is 16.6. The van der Waals surface area contributed by atoms with Crippen LogP contribution in [0.3, 0.4) is 0 Å². The van der Waals surface area contributed by atoms with Gasteiger partial charge in [-0.1, -0.05) is 53.4 Å². The number of carboxylic acid groups (broad SMARTS) is 2. The molecule has 4 nitrogen and oxygen atoms in total. The van der Waals surface area contributed by atoms with Gasteiger partial charge in [-0.3, -0.25) is 0 Å². The van der Waals surface area contributed by atoms with E-state index in [0.29, 0.717) is 0 Å². The molecule has 0 heterocycles. The van der Waals surface area contributed by atoms with Crippen LogP contribution in [0.4, 0.5) is 4.79 Å². The summed E-state index contributed by atoms with van der Waals surface area (Å²) >= 11 is 0. The fourth-order valence-electron chi connectivity index (χ4n) is 2.64. The molecule has 21 heavy (non-hydrogen) atoms. The molecule has 0 radical (unpaired) electrons. The van der Waals surface area contributed by atoms with Crippen molar-refractivity contribution in [2.75, 3.05) is 26.2 Å². The second-order valence-corrected chi connectivity index (χ2v) is 5.93. The van der Waals surface area contributed by atoms with Crippen LogP contribution in [0.15, 0.2) is 0 Å². The summed E-state index contributed by atoms with van der Waals surface area (Å²) in [7, 11) is 0. The maximum Gasteiger partial charge on any atom is 0.503 e. The van der Waals surface area contributed by atoms with Crippen molar-refractivity contribution >= 4 is 6.16 Å². The molecule has 0 aromatic carbocycles. The maximum atomic E-state index is 8.56. The highest BCUT2D eigenvalue weighted by Crippen LogP contribution is 2.16. The van der Waals surface area contributed by atoms with Crippen molar-refractivity contribution in [2.24, 2.45) is 0 Å². The molecule has 0 saturated heterocycles. The van der Waals surface area contributed by atoms with Crippen LogP contribution in [0, 0.1) is 0 Å². The molecule has 0 aromatic rings. The molecule has 0 aliphatic carbocycles. The lowest BCUT2D eigenvalue weighted by atomic mass is 10.1. The minimum absolute atomic E-state index is 1.35. The molecular formula is C17H38NO3+. The van der Waals surface area contributed by atoms with Gasteiger partial charge >= 0.3 is 6.16 Å². The van der Waals surface area contributed by atoms with Crippen LogP contribution >= 0.6 is 0 Å². The van der Waals surface area contributed by atoms with E-state index in [0.717, 1.165) is 0 Å². The molecule has 4 heteroatoms. The van der Waals surface area contributed by atoms with E-state index in [1.807, 2.05) is 0 Å². The summed E-state index contributed by atoms with van der Waals surface area (Å²) in [5.74, 6) is 0. The first-order chi connectivity index (χ1) is 9.97. The summed E-state index contributed by atoms with van der Waals surface area (Å²) in [6, 6.07) is 0. The molecule has 2 N–H and O–H groups in total. The largest absolute Gasteiger partial charge is 0.503 e. The van der Waals surface area contributed by atoms with Gasteiger partial charge in [0.15, 0.2) is 0 Å². The van der Waals surface area contributed by atoms with Crippen LogP contribution in [0.5, 0.6) is 0 Å². The van der Waals surface area contributed by atoms with E-state index in [2.05, 4.69) is 27.7 Å². The molecule has 0 unspecified atom stereocenters. The first kappa shape index (κ1) is 22.5. The van der Waals surface area contributed by atoms with Crippen LogP contribution in [0.25, 0.3) is 0 Å². The van der Waals surface area contributed by atoms with Gasteiger partial charge in [-0.05, 0) is 25.7 Å². The Morgan fingerprint density at radius 2 is 0.857 bits per heavy atom. The van der Waals surface area contributed by atoms with E-state index in [1.165, 1.54) is 82.0 Å². The van der Waals surface area contributed by atoms with Gasteiger partial charge in [0.2, 0.25) is 0 Å². The molecule has 0 aliphatic heterocycles. The van der Waals surface area contributed by atoms with E-state index in [-0.39, 0.29) is 0 Å². The summed E-state index contributed by atoms with van der Waals surface area (Å²) in [6.45, 7) is 15.0. The Hall–Kier alpha value is -0.770. The zero-order valence-electron chi connectivity index (χ0n) is 14.7. The highest BCUT2D eigenvalue weighted by Gasteiger charge is 2.24. The lowest BCUT2D eigenvalue weighted by Gasteiger charge is -2.39. The summed E-state index contributed by atoms with van der Waals surface area (Å²) in [6.07, 6.45) is 9.23. The first-order valence-electron chi connectivity index (χ1n) is 8.74. The average molecular weight is 304 g/mol. The average Bonchev–Trinajstić information content (AvgIpc) is 2.45. The Kier molecular flexibility index (Phi) is 16.7. The number of rotatable bonds is 12. The Bertz CT molecular complexity index is 191.